The highest BCUT2D eigenvalue weighted by molar-refractivity contribution is 7.09. The molecule has 0 aliphatic carbocycles. The van der Waals surface area contributed by atoms with Gasteiger partial charge in [-0.05, 0) is 25.0 Å². The molecule has 1 aliphatic rings. The fraction of sp³-hybridized carbons (Fsp3) is 0.438. The number of nitrogens with one attached hydrogen (secondary N) is 1. The molecule has 0 radical (unpaired) electrons. The highest BCUT2D eigenvalue weighted by Gasteiger charge is 2.26. The molecule has 0 unspecified atom stereocenters. The van der Waals surface area contributed by atoms with Crippen LogP contribution in [0.15, 0.2) is 28.2 Å². The van der Waals surface area contributed by atoms with E-state index in [1.165, 1.54) is 17.6 Å². The number of carbonyl (C=O) groups excluding carboxylic acids is 2. The number of nitrogens with zero attached hydrogens (tertiary/aromatic N) is 2. The highest BCUT2D eigenvalue weighted by Crippen LogP contribution is 2.16. The van der Waals surface area contributed by atoms with Crippen molar-refractivity contribution in [3.63, 3.8) is 0 Å². The summed E-state index contributed by atoms with van der Waals surface area (Å²) < 4.78 is 10.1. The molecule has 2 aromatic heterocycles. The smallest absolute Gasteiger partial charge is 0.289 e. The van der Waals surface area contributed by atoms with Gasteiger partial charge in [-0.1, -0.05) is 0 Å². The summed E-state index contributed by atoms with van der Waals surface area (Å²) in [4.78, 5) is 30.4. The van der Waals surface area contributed by atoms with Gasteiger partial charge in [-0.25, -0.2) is 4.98 Å². The Bertz CT molecular complexity index is 690. The van der Waals surface area contributed by atoms with E-state index in [0.29, 0.717) is 44.0 Å². The summed E-state index contributed by atoms with van der Waals surface area (Å²) in [5.41, 5.74) is 0.418. The van der Waals surface area contributed by atoms with Crippen molar-refractivity contribution >= 4 is 23.2 Å². The van der Waals surface area contributed by atoms with E-state index >= 15 is 0 Å². The molecule has 7 nitrogen and oxygen atoms in total. The predicted molar refractivity (Wildman–Crippen MR) is 87.9 cm³/mol. The molecule has 3 rings (SSSR count). The number of likely N-dealkylation sites (tertiary alicyclic amines) is 1. The number of aromatic nitrogens is 1. The van der Waals surface area contributed by atoms with Crippen molar-refractivity contribution in [1.29, 1.82) is 0 Å². The number of ether oxygens (including phenoxy) is 1. The Hall–Kier alpha value is -2.19. The molecule has 3 heterocycles. The second kappa shape index (κ2) is 7.59. The van der Waals surface area contributed by atoms with Crippen LogP contribution < -0.4 is 5.32 Å². The maximum Gasteiger partial charge on any atom is 0.289 e. The molecule has 24 heavy (non-hydrogen) atoms. The zero-order valence-electron chi connectivity index (χ0n) is 13.4. The highest BCUT2D eigenvalue weighted by atomic mass is 32.1. The van der Waals surface area contributed by atoms with Crippen molar-refractivity contribution in [3.8, 4) is 0 Å². The minimum atomic E-state index is -0.176. The number of rotatable bonds is 5. The molecule has 2 aromatic rings. The zero-order valence-corrected chi connectivity index (χ0v) is 14.2. The van der Waals surface area contributed by atoms with Crippen LogP contribution in [0.1, 0.15) is 38.9 Å². The molecule has 0 atom stereocenters. The first kappa shape index (κ1) is 16.7. The van der Waals surface area contributed by atoms with E-state index in [0.717, 1.165) is 5.01 Å². The number of amides is 2. The van der Waals surface area contributed by atoms with Crippen LogP contribution in [0, 0.1) is 0 Å². The third kappa shape index (κ3) is 3.82. The van der Waals surface area contributed by atoms with Crippen molar-refractivity contribution in [2.75, 3.05) is 20.2 Å². The quantitative estimate of drug-likeness (QED) is 0.891. The van der Waals surface area contributed by atoms with Crippen molar-refractivity contribution in [2.45, 2.75) is 25.5 Å². The first-order valence-electron chi connectivity index (χ1n) is 7.74. The van der Waals surface area contributed by atoms with Gasteiger partial charge in [0, 0.05) is 31.6 Å². The van der Waals surface area contributed by atoms with Crippen molar-refractivity contribution < 1.29 is 18.7 Å². The van der Waals surface area contributed by atoms with Gasteiger partial charge in [-0.2, -0.15) is 0 Å². The van der Waals surface area contributed by atoms with Gasteiger partial charge in [-0.3, -0.25) is 9.59 Å². The second-order valence-corrected chi connectivity index (χ2v) is 6.52. The Kier molecular flexibility index (Phi) is 5.27. The van der Waals surface area contributed by atoms with Gasteiger partial charge in [0.2, 0.25) is 0 Å². The molecule has 0 saturated carbocycles. The molecule has 0 bridgehead atoms. The zero-order chi connectivity index (χ0) is 16.9. The van der Waals surface area contributed by atoms with Gasteiger partial charge in [0.25, 0.3) is 11.8 Å². The maximum atomic E-state index is 12.2. The van der Waals surface area contributed by atoms with Crippen LogP contribution in [0.4, 0.5) is 0 Å². The normalized spacial score (nSPS) is 15.5. The fourth-order valence-corrected chi connectivity index (χ4v) is 3.39. The lowest BCUT2D eigenvalue weighted by Gasteiger charge is -2.31. The largest absolute Gasteiger partial charge is 0.459 e. The lowest BCUT2D eigenvalue weighted by Crippen LogP contribution is -2.46. The van der Waals surface area contributed by atoms with Crippen molar-refractivity contribution in [3.05, 3.63) is 40.2 Å². The summed E-state index contributed by atoms with van der Waals surface area (Å²) in [6, 6.07) is 3.41. The van der Waals surface area contributed by atoms with Crippen LogP contribution >= 0.6 is 11.3 Å². The number of furan rings is 1. The lowest BCUT2D eigenvalue weighted by molar-refractivity contribution is 0.0667. The lowest BCUT2D eigenvalue weighted by atomic mass is 10.0. The van der Waals surface area contributed by atoms with Crippen LogP contribution in [-0.4, -0.2) is 47.9 Å². The first-order valence-corrected chi connectivity index (χ1v) is 8.62. The molecule has 128 valence electrons. The van der Waals surface area contributed by atoms with Crippen LogP contribution in [0.2, 0.25) is 0 Å². The van der Waals surface area contributed by atoms with E-state index in [1.807, 2.05) is 0 Å². The minimum Gasteiger partial charge on any atom is -0.459 e. The molecule has 8 heteroatoms. The number of piperidine rings is 1. The van der Waals surface area contributed by atoms with E-state index in [1.54, 1.807) is 29.5 Å². The van der Waals surface area contributed by atoms with Crippen LogP contribution in [-0.2, 0) is 11.3 Å². The SMILES string of the molecule is COCc1nc(C(=O)NC2CCN(C(=O)c3ccco3)CC2)cs1. The summed E-state index contributed by atoms with van der Waals surface area (Å²) in [6.45, 7) is 1.60. The Morgan fingerprint density at radius 1 is 1.46 bits per heavy atom. The topological polar surface area (TPSA) is 84.7 Å². The Morgan fingerprint density at radius 3 is 2.92 bits per heavy atom. The van der Waals surface area contributed by atoms with Crippen LogP contribution in [0.3, 0.4) is 0 Å². The molecular formula is C16H19N3O4S. The van der Waals surface area contributed by atoms with Gasteiger partial charge in [0.05, 0.1) is 12.9 Å². The third-order valence-corrected chi connectivity index (χ3v) is 4.72. The molecule has 1 fully saturated rings. The van der Waals surface area contributed by atoms with E-state index < -0.39 is 0 Å². The average molecular weight is 349 g/mol. The number of thiazole rings is 1. The van der Waals surface area contributed by atoms with Gasteiger partial charge in [-0.15, -0.1) is 11.3 Å². The number of hydrogen-bond acceptors (Lipinski definition) is 6. The molecule has 0 spiro atoms. The van der Waals surface area contributed by atoms with Gasteiger partial charge < -0.3 is 19.4 Å². The van der Waals surface area contributed by atoms with Crippen molar-refractivity contribution in [1.82, 2.24) is 15.2 Å². The number of methoxy groups -OCH3 is 1. The van der Waals surface area contributed by atoms with E-state index in [9.17, 15) is 9.59 Å². The van der Waals surface area contributed by atoms with Crippen LogP contribution in [0.25, 0.3) is 0 Å². The predicted octanol–water partition coefficient (Wildman–Crippen LogP) is 1.92. The molecule has 2 amide bonds. The van der Waals surface area contributed by atoms with Gasteiger partial charge in [0.1, 0.15) is 10.7 Å². The van der Waals surface area contributed by atoms with Crippen molar-refractivity contribution in [2.24, 2.45) is 0 Å². The summed E-state index contributed by atoms with van der Waals surface area (Å²) in [5.74, 6) is 0.0727. The summed E-state index contributed by atoms with van der Waals surface area (Å²) in [5, 5.41) is 5.50. The summed E-state index contributed by atoms with van der Waals surface area (Å²) in [7, 11) is 1.60. The third-order valence-electron chi connectivity index (χ3n) is 3.90. The van der Waals surface area contributed by atoms with E-state index in [-0.39, 0.29) is 17.9 Å². The van der Waals surface area contributed by atoms with Gasteiger partial charge in [0.15, 0.2) is 5.76 Å². The number of carbonyl (C=O) groups is 2. The molecule has 1 aliphatic heterocycles. The maximum absolute atomic E-state index is 12.2. The Morgan fingerprint density at radius 2 is 2.25 bits per heavy atom. The molecule has 1 saturated heterocycles. The summed E-state index contributed by atoms with van der Waals surface area (Å²) >= 11 is 1.41. The number of hydrogen-bond donors (Lipinski definition) is 1. The average Bonchev–Trinajstić information content (AvgIpc) is 3.27. The van der Waals surface area contributed by atoms with E-state index in [4.69, 9.17) is 9.15 Å². The van der Waals surface area contributed by atoms with Crippen LogP contribution in [0.5, 0.6) is 0 Å². The second-order valence-electron chi connectivity index (χ2n) is 5.58. The Balaban J connectivity index is 1.49. The Labute approximate surface area is 143 Å². The minimum absolute atomic E-state index is 0.0470. The molecular weight excluding hydrogens is 330 g/mol. The van der Waals surface area contributed by atoms with E-state index in [2.05, 4.69) is 10.3 Å². The van der Waals surface area contributed by atoms with Gasteiger partial charge >= 0.3 is 0 Å². The first-order chi connectivity index (χ1) is 11.7. The monoisotopic (exact) mass is 349 g/mol. The molecule has 0 aromatic carbocycles. The standard InChI is InChI=1S/C16H19N3O4S/c1-22-9-14-18-12(10-24-14)15(20)17-11-4-6-19(7-5-11)16(21)13-3-2-8-23-13/h2-3,8,10-11H,4-7,9H2,1H3,(H,17,20). The molecule has 1 N–H and O–H groups in total. The summed E-state index contributed by atoms with van der Waals surface area (Å²) in [6.07, 6.45) is 2.92. The fourth-order valence-electron chi connectivity index (χ4n) is 2.65.